The van der Waals surface area contributed by atoms with Crippen LogP contribution < -0.4 is 30.6 Å². The number of amides is 1. The number of aliphatic hydroxyl groups is 1. The van der Waals surface area contributed by atoms with Crippen molar-refractivity contribution in [3.8, 4) is 34.5 Å². The topological polar surface area (TPSA) is 368 Å². The molecule has 1 saturated heterocycles. The normalized spacial score (nSPS) is 19.3. The van der Waals surface area contributed by atoms with E-state index >= 15 is 0 Å². The van der Waals surface area contributed by atoms with Crippen molar-refractivity contribution in [2.24, 2.45) is 0 Å². The molecule has 5 aromatic rings. The Bertz CT molecular complexity index is 2870. The number of phenols is 2. The molecule has 0 radical (unpaired) electrons. The number of halogens is 2. The second-order valence-corrected chi connectivity index (χ2v) is 18.6. The van der Waals surface area contributed by atoms with Crippen molar-refractivity contribution >= 4 is 73.7 Å². The number of nitrogen functional groups attached to an aromatic ring is 1. The molecule has 364 valence electrons. The number of aromatic nitrogens is 4. The third kappa shape index (κ3) is 8.96. The van der Waals surface area contributed by atoms with Gasteiger partial charge in [-0.3, -0.25) is 18.4 Å². The van der Waals surface area contributed by atoms with Crippen molar-refractivity contribution < 1.29 is 86.3 Å². The number of esters is 1. The Morgan fingerprint density at radius 2 is 1.54 bits per heavy atom. The van der Waals surface area contributed by atoms with Gasteiger partial charge in [-0.15, -0.1) is 0 Å². The molecule has 5 heterocycles. The number of imidazole rings is 1. The Morgan fingerprint density at radius 3 is 2.15 bits per heavy atom. The lowest BCUT2D eigenvalue weighted by molar-refractivity contribution is -0.0489. The summed E-state index contributed by atoms with van der Waals surface area (Å²) in [5, 5.41) is 37.9. The van der Waals surface area contributed by atoms with E-state index in [0.29, 0.717) is 25.7 Å². The summed E-state index contributed by atoms with van der Waals surface area (Å²) in [5.41, 5.74) is 4.89. The number of nitrogens with zero attached hydrogens (tertiary/aromatic N) is 4. The summed E-state index contributed by atoms with van der Waals surface area (Å²) in [4.78, 5) is 77.5. The van der Waals surface area contributed by atoms with E-state index in [1.807, 2.05) is 0 Å². The fraction of sp³-hybridized carbons (Fsp3) is 0.359. The zero-order chi connectivity index (χ0) is 49.0. The maximum absolute atomic E-state index is 13.7. The molecular formula is C39H41Cl2N7O18P2. The van der Waals surface area contributed by atoms with Gasteiger partial charge >= 0.3 is 21.6 Å². The quantitative estimate of drug-likeness (QED) is 0.0358. The molecule has 29 heteroatoms. The van der Waals surface area contributed by atoms with Crippen LogP contribution >= 0.6 is 38.8 Å². The highest BCUT2D eigenvalue weighted by Crippen LogP contribution is 2.63. The Balaban J connectivity index is 0.948. The second kappa shape index (κ2) is 18.8. The SMILES string of the molecule is COc1cc2c(c(Cl)c1O)Oc1c(cc(OC)c(O)c1Cl)C21OC(=O)c2ccc(C(=O)NCCCCCCNc3nc4c(N)ncnc4n3[C@@H]3O[C@H](COP(=O)(O)O)[C@@H](O)[C@H]3OP(=O)(O)O)cc21. The number of unbranched alkanes of at least 4 members (excludes halogenated alkanes) is 3. The number of nitrogens with one attached hydrogen (secondary N) is 2. The molecule has 0 bridgehead atoms. The van der Waals surface area contributed by atoms with E-state index in [1.54, 1.807) is 0 Å². The molecule has 1 fully saturated rings. The first-order chi connectivity index (χ1) is 32.2. The molecule has 11 N–H and O–H groups in total. The van der Waals surface area contributed by atoms with Crippen LogP contribution in [0.5, 0.6) is 34.5 Å². The molecule has 68 heavy (non-hydrogen) atoms. The number of aliphatic hydroxyl groups excluding tert-OH is 1. The van der Waals surface area contributed by atoms with Crippen molar-refractivity contribution in [1.82, 2.24) is 24.8 Å². The fourth-order valence-electron chi connectivity index (χ4n) is 8.19. The lowest BCUT2D eigenvalue weighted by Crippen LogP contribution is -2.35. The monoisotopic (exact) mass is 1030 g/mol. The molecule has 4 atom stereocenters. The van der Waals surface area contributed by atoms with E-state index in [4.69, 9.17) is 57.1 Å². The maximum atomic E-state index is 13.7. The van der Waals surface area contributed by atoms with E-state index in [-0.39, 0.29) is 96.9 Å². The summed E-state index contributed by atoms with van der Waals surface area (Å²) in [7, 11) is -7.74. The van der Waals surface area contributed by atoms with Crippen LogP contribution in [0.25, 0.3) is 11.2 Å². The summed E-state index contributed by atoms with van der Waals surface area (Å²) in [6.07, 6.45) is -3.37. The number of aromatic hydroxyl groups is 2. The smallest absolute Gasteiger partial charge is 0.470 e. The molecule has 2 aromatic heterocycles. The number of phosphoric acid groups is 2. The van der Waals surface area contributed by atoms with Gasteiger partial charge in [-0.1, -0.05) is 36.0 Å². The number of methoxy groups -OCH3 is 2. The fourth-order valence-corrected chi connectivity index (χ4v) is 9.54. The molecule has 3 aliphatic heterocycles. The summed E-state index contributed by atoms with van der Waals surface area (Å²) >= 11 is 13.2. The summed E-state index contributed by atoms with van der Waals surface area (Å²) < 4.78 is 62.7. The van der Waals surface area contributed by atoms with Gasteiger partial charge in [-0.2, -0.15) is 0 Å². The highest BCUT2D eigenvalue weighted by atomic mass is 35.5. The summed E-state index contributed by atoms with van der Waals surface area (Å²) in [5.74, 6) is -2.75. The van der Waals surface area contributed by atoms with Crippen LogP contribution in [0.4, 0.5) is 11.8 Å². The Hall–Kier alpha value is -5.53. The molecule has 1 amide bonds. The number of anilines is 2. The highest BCUT2D eigenvalue weighted by Gasteiger charge is 2.56. The Kier molecular flexibility index (Phi) is 13.5. The van der Waals surface area contributed by atoms with Gasteiger partial charge in [0.05, 0.1) is 37.5 Å². The van der Waals surface area contributed by atoms with Crippen LogP contribution in [0.2, 0.25) is 10.0 Å². The van der Waals surface area contributed by atoms with E-state index in [0.717, 1.165) is 6.33 Å². The van der Waals surface area contributed by atoms with E-state index in [9.17, 15) is 53.6 Å². The first-order valence-corrected chi connectivity index (χ1v) is 24.0. The van der Waals surface area contributed by atoms with Crippen LogP contribution in [-0.4, -0.2) is 119 Å². The van der Waals surface area contributed by atoms with E-state index in [2.05, 4.69) is 30.1 Å². The zero-order valence-corrected chi connectivity index (χ0v) is 38.7. The largest absolute Gasteiger partial charge is 0.503 e. The van der Waals surface area contributed by atoms with Gasteiger partial charge in [0.1, 0.15) is 34.7 Å². The number of nitrogens with two attached hydrogens (primary N) is 1. The number of phosphoric ester groups is 2. The maximum Gasteiger partial charge on any atom is 0.470 e. The van der Waals surface area contributed by atoms with Crippen LogP contribution in [0.15, 0.2) is 36.7 Å². The number of carbonyl (C=O) groups is 2. The number of benzene rings is 3. The number of phenolic OH excluding ortho intramolecular Hbond substituents is 2. The third-order valence-corrected chi connectivity index (χ3v) is 13.0. The molecule has 3 aliphatic rings. The van der Waals surface area contributed by atoms with E-state index < -0.39 is 75.8 Å². The Labute approximate surface area is 393 Å². The molecule has 25 nitrogen and oxygen atoms in total. The first kappa shape index (κ1) is 48.9. The van der Waals surface area contributed by atoms with Gasteiger partial charge in [-0.05, 0) is 43.2 Å². The minimum absolute atomic E-state index is 0.0127. The van der Waals surface area contributed by atoms with Gasteiger partial charge in [0.2, 0.25) is 5.95 Å². The van der Waals surface area contributed by atoms with Gasteiger partial charge in [0.25, 0.3) is 5.91 Å². The van der Waals surface area contributed by atoms with Gasteiger partial charge in [-0.25, -0.2) is 28.9 Å². The first-order valence-electron chi connectivity index (χ1n) is 20.2. The van der Waals surface area contributed by atoms with Crippen LogP contribution in [0.3, 0.4) is 0 Å². The van der Waals surface area contributed by atoms with Crippen LogP contribution in [0.1, 0.15) is 69.3 Å². The van der Waals surface area contributed by atoms with Crippen LogP contribution in [0, 0.1) is 0 Å². The lowest BCUT2D eigenvalue weighted by Gasteiger charge is -2.37. The zero-order valence-electron chi connectivity index (χ0n) is 35.4. The predicted molar refractivity (Wildman–Crippen MR) is 235 cm³/mol. The second-order valence-electron chi connectivity index (χ2n) is 15.4. The minimum Gasteiger partial charge on any atom is -0.503 e. The van der Waals surface area contributed by atoms with Crippen molar-refractivity contribution in [3.63, 3.8) is 0 Å². The van der Waals surface area contributed by atoms with Gasteiger partial charge < -0.3 is 74.9 Å². The van der Waals surface area contributed by atoms with Gasteiger partial charge in [0, 0.05) is 24.2 Å². The summed E-state index contributed by atoms with van der Waals surface area (Å²) in [6.45, 7) is -0.378. The minimum atomic E-state index is -5.29. The lowest BCUT2D eigenvalue weighted by atomic mass is 9.77. The van der Waals surface area contributed by atoms with Crippen molar-refractivity contribution in [2.75, 3.05) is 45.0 Å². The number of rotatable bonds is 17. The molecule has 0 saturated carbocycles. The van der Waals surface area contributed by atoms with Crippen molar-refractivity contribution in [2.45, 2.75) is 55.8 Å². The molecule has 8 rings (SSSR count). The number of hydrogen-bond donors (Lipinski definition) is 10. The third-order valence-electron chi connectivity index (χ3n) is 11.3. The predicted octanol–water partition coefficient (Wildman–Crippen LogP) is 3.96. The molecule has 1 spiro atoms. The molecule has 0 aliphatic carbocycles. The van der Waals surface area contributed by atoms with E-state index in [1.165, 1.54) is 49.1 Å². The van der Waals surface area contributed by atoms with Gasteiger partial charge in [0.15, 0.2) is 63.3 Å². The standard InChI is InChI=1S/C39H41Cl2N7O18P2/c1-60-21-12-19-30(24(40)27(21)49)64-31-20(13-22(61-2)28(50)25(31)41)39(19)18-11-16(7-8-17(18)37(53)65-39)35(52)43-9-5-3-4-6-10-44-38-47-26-33(42)45-15-46-34(26)48(38)36-32(66-68(57,58)59)29(51)23(63-36)14-62-67(54,55)56/h7-8,11-13,15,23,29,32,36,49-51H,3-6,9-10,14H2,1-2H3,(H,43,52)(H,44,47)(H2,42,45,46)(H2,54,55,56)(H2,57,58,59)/t23-,29-,32-,36-/m1/s1. The Morgan fingerprint density at radius 1 is 0.912 bits per heavy atom. The average Bonchev–Trinajstić information content (AvgIpc) is 3.91. The number of fused-ring (bicyclic) bond motifs is 7. The number of hydrogen-bond acceptors (Lipinski definition) is 19. The molecular weight excluding hydrogens is 987 g/mol. The molecule has 0 unspecified atom stereocenters. The summed E-state index contributed by atoms with van der Waals surface area (Å²) in [6, 6.07) is 7.11. The van der Waals surface area contributed by atoms with Crippen molar-refractivity contribution in [1.29, 1.82) is 0 Å². The average molecular weight is 1030 g/mol. The number of ether oxygens (including phenoxy) is 5. The van der Waals surface area contributed by atoms with Crippen molar-refractivity contribution in [3.05, 3.63) is 74.5 Å². The number of carbonyl (C=O) groups excluding carboxylic acids is 2. The highest BCUT2D eigenvalue weighted by molar-refractivity contribution is 7.46. The van der Waals surface area contributed by atoms with Crippen LogP contribution in [-0.2, 0) is 33.3 Å². The molecule has 3 aromatic carbocycles.